The van der Waals surface area contributed by atoms with Crippen molar-refractivity contribution in [3.8, 4) is 0 Å². The van der Waals surface area contributed by atoms with Crippen LogP contribution in [-0.4, -0.2) is 30.8 Å². The van der Waals surface area contributed by atoms with Crippen molar-refractivity contribution in [3.63, 3.8) is 0 Å². The maximum Gasteiger partial charge on any atom is 0.327 e. The topological polar surface area (TPSA) is 32.8 Å². The van der Waals surface area contributed by atoms with Crippen molar-refractivity contribution in [2.45, 2.75) is 26.1 Å². The fourth-order valence-corrected chi connectivity index (χ4v) is 3.05. The van der Waals surface area contributed by atoms with Crippen molar-refractivity contribution >= 4 is 11.7 Å². The van der Waals surface area contributed by atoms with Crippen LogP contribution in [-0.2, 0) is 4.74 Å². The fraction of sp³-hybridized carbons (Fsp3) is 0.286. The highest BCUT2D eigenvalue weighted by Crippen LogP contribution is 2.33. The zero-order valence-electron chi connectivity index (χ0n) is 14.9. The van der Waals surface area contributed by atoms with Crippen LogP contribution in [0, 0.1) is 0 Å². The lowest BCUT2D eigenvalue weighted by molar-refractivity contribution is 0.0871. The molecule has 2 aromatic rings. The van der Waals surface area contributed by atoms with Crippen LogP contribution in [0.5, 0.6) is 0 Å². The van der Waals surface area contributed by atoms with Gasteiger partial charge in [0.2, 0.25) is 0 Å². The van der Waals surface area contributed by atoms with Gasteiger partial charge in [-0.05, 0) is 37.6 Å². The number of nitrogens with zero attached hydrogens (tertiary/aromatic N) is 2. The molecule has 3 rings (SSSR count). The number of anilines is 1. The van der Waals surface area contributed by atoms with Gasteiger partial charge in [-0.15, -0.1) is 0 Å². The number of amides is 2. The number of carbonyl (C=O) groups excluding carboxylic acids is 1. The minimum Gasteiger partial charge on any atom is -0.352 e. The number of ether oxygens (including phenoxy) is 1. The molecule has 0 radical (unpaired) electrons. The van der Waals surface area contributed by atoms with E-state index in [2.05, 4.69) is 0 Å². The largest absolute Gasteiger partial charge is 0.352 e. The van der Waals surface area contributed by atoms with Crippen LogP contribution >= 0.6 is 0 Å². The Hall–Kier alpha value is -2.59. The van der Waals surface area contributed by atoms with E-state index < -0.39 is 0 Å². The lowest BCUT2D eigenvalue weighted by atomic mass is 10.1. The lowest BCUT2D eigenvalue weighted by Gasteiger charge is -2.31. The molecule has 0 bridgehead atoms. The first-order valence-electron chi connectivity index (χ1n) is 8.50. The van der Waals surface area contributed by atoms with E-state index in [1.54, 1.807) is 11.9 Å². The highest BCUT2D eigenvalue weighted by Gasteiger charge is 2.39. The average Bonchev–Trinajstić information content (AvgIpc) is 3.04. The molecular weight excluding hydrogens is 312 g/mol. The Bertz CT molecular complexity index is 739. The molecule has 2 amide bonds. The predicted molar refractivity (Wildman–Crippen MR) is 100 cm³/mol. The van der Waals surface area contributed by atoms with Crippen molar-refractivity contribution in [1.82, 2.24) is 4.90 Å². The molecular formula is C21H24N2O2. The molecule has 2 aromatic carbocycles. The van der Waals surface area contributed by atoms with Crippen LogP contribution in [0.1, 0.15) is 25.5 Å². The van der Waals surface area contributed by atoms with Gasteiger partial charge in [-0.2, -0.15) is 0 Å². The van der Waals surface area contributed by atoms with E-state index in [-0.39, 0.29) is 18.3 Å². The van der Waals surface area contributed by atoms with Gasteiger partial charge in [0.15, 0.2) is 6.23 Å². The molecule has 0 aliphatic carbocycles. The first-order chi connectivity index (χ1) is 12.1. The third-order valence-electron chi connectivity index (χ3n) is 4.35. The zero-order valence-corrected chi connectivity index (χ0v) is 14.9. The minimum absolute atomic E-state index is 0.0694. The second-order valence-corrected chi connectivity index (χ2v) is 6.48. The Labute approximate surface area is 149 Å². The number of para-hydroxylation sites is 1. The van der Waals surface area contributed by atoms with E-state index in [9.17, 15) is 4.79 Å². The van der Waals surface area contributed by atoms with E-state index >= 15 is 0 Å². The number of allylic oxidation sites excluding steroid dienone is 1. The summed E-state index contributed by atoms with van der Waals surface area (Å²) >= 11 is 0. The van der Waals surface area contributed by atoms with Gasteiger partial charge in [-0.3, -0.25) is 9.80 Å². The molecule has 0 aromatic heterocycles. The number of hydrogen-bond donors (Lipinski definition) is 0. The molecule has 130 valence electrons. The summed E-state index contributed by atoms with van der Waals surface area (Å²) in [5.74, 6) is 0. The first-order valence-corrected chi connectivity index (χ1v) is 8.50. The molecule has 2 atom stereocenters. The number of rotatable bonds is 3. The van der Waals surface area contributed by atoms with Crippen LogP contribution in [0.3, 0.4) is 0 Å². The van der Waals surface area contributed by atoms with E-state index in [0.717, 1.165) is 16.8 Å². The van der Waals surface area contributed by atoms with Gasteiger partial charge >= 0.3 is 6.03 Å². The molecule has 4 nitrogen and oxygen atoms in total. The number of urea groups is 1. The van der Waals surface area contributed by atoms with Gasteiger partial charge in [0, 0.05) is 12.7 Å². The summed E-state index contributed by atoms with van der Waals surface area (Å²) < 4.78 is 5.95. The normalized spacial score (nSPS) is 19.6. The summed E-state index contributed by atoms with van der Waals surface area (Å²) in [6, 6.07) is 19.6. The lowest BCUT2D eigenvalue weighted by Crippen LogP contribution is -2.45. The first kappa shape index (κ1) is 17.2. The van der Waals surface area contributed by atoms with Crippen molar-refractivity contribution in [3.05, 3.63) is 77.9 Å². The molecule has 0 N–H and O–H groups in total. The zero-order chi connectivity index (χ0) is 17.8. The summed E-state index contributed by atoms with van der Waals surface area (Å²) in [4.78, 5) is 16.8. The summed E-state index contributed by atoms with van der Waals surface area (Å²) in [6.45, 7) is 4.53. The van der Waals surface area contributed by atoms with Gasteiger partial charge in [-0.1, -0.05) is 54.1 Å². The van der Waals surface area contributed by atoms with Crippen molar-refractivity contribution in [1.29, 1.82) is 0 Å². The Kier molecular flexibility index (Phi) is 5.19. The van der Waals surface area contributed by atoms with Gasteiger partial charge in [0.05, 0.1) is 12.6 Å². The Morgan fingerprint density at radius 1 is 1.08 bits per heavy atom. The summed E-state index contributed by atoms with van der Waals surface area (Å²) in [5, 5.41) is 0. The SMILES string of the molecule is CC(C)=C[C@@H]1OC[C@H](c2ccccc2)N1C(=O)N(C)c1ccccc1. The number of benzene rings is 2. The quantitative estimate of drug-likeness (QED) is 0.767. The second-order valence-electron chi connectivity index (χ2n) is 6.48. The summed E-state index contributed by atoms with van der Waals surface area (Å²) in [7, 11) is 1.80. The fourth-order valence-electron chi connectivity index (χ4n) is 3.05. The van der Waals surface area contributed by atoms with E-state index in [1.165, 1.54) is 0 Å². The van der Waals surface area contributed by atoms with E-state index in [0.29, 0.717) is 6.61 Å². The van der Waals surface area contributed by atoms with Crippen LogP contribution in [0.15, 0.2) is 72.3 Å². The highest BCUT2D eigenvalue weighted by atomic mass is 16.5. The predicted octanol–water partition coefficient (Wildman–Crippen LogP) is 4.61. The van der Waals surface area contributed by atoms with E-state index in [1.807, 2.05) is 85.5 Å². The van der Waals surface area contributed by atoms with Gasteiger partial charge in [-0.25, -0.2) is 4.79 Å². The third kappa shape index (κ3) is 3.74. The average molecular weight is 336 g/mol. The van der Waals surface area contributed by atoms with Crippen LogP contribution in [0.4, 0.5) is 10.5 Å². The standard InChI is InChI=1S/C21H24N2O2/c1-16(2)14-20-23(19(15-25-20)17-10-6-4-7-11-17)21(24)22(3)18-12-8-5-9-13-18/h4-14,19-20H,15H2,1-3H3/t19-,20+/m1/s1. The molecule has 1 aliphatic heterocycles. The van der Waals surface area contributed by atoms with Gasteiger partial charge < -0.3 is 4.74 Å². The van der Waals surface area contributed by atoms with Crippen molar-refractivity contribution in [2.75, 3.05) is 18.6 Å². The third-order valence-corrected chi connectivity index (χ3v) is 4.35. The molecule has 1 saturated heterocycles. The van der Waals surface area contributed by atoms with Crippen molar-refractivity contribution in [2.24, 2.45) is 0 Å². The number of hydrogen-bond acceptors (Lipinski definition) is 2. The van der Waals surface area contributed by atoms with Crippen LogP contribution in [0.25, 0.3) is 0 Å². The molecule has 4 heteroatoms. The molecule has 0 saturated carbocycles. The molecule has 1 heterocycles. The van der Waals surface area contributed by atoms with Crippen LogP contribution in [0.2, 0.25) is 0 Å². The maximum atomic E-state index is 13.3. The summed E-state index contributed by atoms with van der Waals surface area (Å²) in [6.07, 6.45) is 1.65. The minimum atomic E-state index is -0.353. The van der Waals surface area contributed by atoms with E-state index in [4.69, 9.17) is 4.74 Å². The smallest absolute Gasteiger partial charge is 0.327 e. The molecule has 0 unspecified atom stereocenters. The molecule has 0 spiro atoms. The van der Waals surface area contributed by atoms with Crippen molar-refractivity contribution < 1.29 is 9.53 Å². The monoisotopic (exact) mass is 336 g/mol. The Morgan fingerprint density at radius 3 is 2.28 bits per heavy atom. The Morgan fingerprint density at radius 2 is 1.68 bits per heavy atom. The highest BCUT2D eigenvalue weighted by molar-refractivity contribution is 5.92. The maximum absolute atomic E-state index is 13.3. The Balaban J connectivity index is 1.93. The molecule has 1 fully saturated rings. The molecule has 1 aliphatic rings. The number of carbonyl (C=O) groups is 1. The van der Waals surface area contributed by atoms with Gasteiger partial charge in [0.25, 0.3) is 0 Å². The van der Waals surface area contributed by atoms with Crippen LogP contribution < -0.4 is 4.90 Å². The molecule has 25 heavy (non-hydrogen) atoms. The summed E-state index contributed by atoms with van der Waals surface area (Å²) in [5.41, 5.74) is 3.07. The van der Waals surface area contributed by atoms with Gasteiger partial charge in [0.1, 0.15) is 0 Å². The second kappa shape index (κ2) is 7.53.